The van der Waals surface area contributed by atoms with Crippen molar-refractivity contribution in [2.45, 2.75) is 83.0 Å². The predicted octanol–water partition coefficient (Wildman–Crippen LogP) is 3.62. The molecule has 1 saturated heterocycles. The van der Waals surface area contributed by atoms with Crippen molar-refractivity contribution in [3.05, 3.63) is 11.6 Å². The Morgan fingerprint density at radius 1 is 1.07 bits per heavy atom. The largest absolute Gasteiger partial charge is 0.458 e. The highest BCUT2D eigenvalue weighted by Crippen LogP contribution is 2.75. The molecule has 2 aliphatic heterocycles. The normalized spacial score (nSPS) is 58.5. The number of carbonyl (C=O) groups excluding carboxylic acids is 1. The summed E-state index contributed by atoms with van der Waals surface area (Å²) in [6.45, 7) is 5.42. The quantitative estimate of drug-likeness (QED) is 0.564. The van der Waals surface area contributed by atoms with E-state index in [-0.39, 0.29) is 23.1 Å². The van der Waals surface area contributed by atoms with Gasteiger partial charge in [0.05, 0.1) is 12.2 Å². The molecular weight excluding hydrogens is 340 g/mol. The van der Waals surface area contributed by atoms with E-state index in [1.807, 2.05) is 0 Å². The molecule has 6 aliphatic rings. The molecule has 9 unspecified atom stereocenters. The molecule has 0 spiro atoms. The Morgan fingerprint density at radius 3 is 2.70 bits per heavy atom. The van der Waals surface area contributed by atoms with E-state index in [2.05, 4.69) is 13.8 Å². The molecular formula is C23H32O4. The van der Waals surface area contributed by atoms with Crippen LogP contribution in [0.4, 0.5) is 0 Å². The molecule has 0 amide bonds. The summed E-state index contributed by atoms with van der Waals surface area (Å²) >= 11 is 0. The summed E-state index contributed by atoms with van der Waals surface area (Å²) in [7, 11) is 0. The molecule has 5 fully saturated rings. The lowest BCUT2D eigenvalue weighted by molar-refractivity contribution is -0.139. The third kappa shape index (κ3) is 1.95. The lowest BCUT2D eigenvalue weighted by atomic mass is 9.44. The molecule has 0 aromatic heterocycles. The van der Waals surface area contributed by atoms with E-state index in [4.69, 9.17) is 9.47 Å². The zero-order chi connectivity index (χ0) is 18.6. The monoisotopic (exact) mass is 372 g/mol. The van der Waals surface area contributed by atoms with Crippen LogP contribution in [0.25, 0.3) is 0 Å². The van der Waals surface area contributed by atoms with E-state index < -0.39 is 0 Å². The van der Waals surface area contributed by atoms with Crippen molar-refractivity contribution in [2.24, 2.45) is 34.5 Å². The molecule has 6 rings (SSSR count). The van der Waals surface area contributed by atoms with Gasteiger partial charge in [0.15, 0.2) is 0 Å². The Balaban J connectivity index is 1.33. The number of hydrogen-bond acceptors (Lipinski definition) is 4. The maximum absolute atomic E-state index is 11.7. The van der Waals surface area contributed by atoms with Gasteiger partial charge in [-0.1, -0.05) is 13.8 Å². The lowest BCUT2D eigenvalue weighted by Crippen LogP contribution is -2.56. The third-order valence-electron chi connectivity index (χ3n) is 10.2. The molecule has 0 aromatic carbocycles. The minimum atomic E-state index is -0.213. The Labute approximate surface area is 161 Å². The Bertz CT molecular complexity index is 730. The summed E-state index contributed by atoms with van der Waals surface area (Å²) in [5.74, 6) is 2.80. The van der Waals surface area contributed by atoms with Gasteiger partial charge in [0.1, 0.15) is 12.2 Å². The number of hydrogen-bond donors (Lipinski definition) is 1. The molecule has 4 saturated carbocycles. The molecule has 2 heterocycles. The number of fused-ring (bicyclic) bond motifs is 7. The van der Waals surface area contributed by atoms with Gasteiger partial charge in [-0.15, -0.1) is 0 Å². The van der Waals surface area contributed by atoms with Crippen LogP contribution >= 0.6 is 0 Å². The number of aliphatic hydroxyl groups is 1. The molecule has 27 heavy (non-hydrogen) atoms. The minimum absolute atomic E-state index is 0.0730. The minimum Gasteiger partial charge on any atom is -0.458 e. The Morgan fingerprint density at radius 2 is 1.93 bits per heavy atom. The Hall–Kier alpha value is -0.870. The van der Waals surface area contributed by atoms with Crippen LogP contribution in [0.15, 0.2) is 11.6 Å². The highest BCUT2D eigenvalue weighted by Gasteiger charge is 2.78. The topological polar surface area (TPSA) is 59.1 Å². The first-order valence-electron chi connectivity index (χ1n) is 11.1. The average Bonchev–Trinajstić information content (AvgIpc) is 3.11. The molecule has 148 valence electrons. The fourth-order valence-corrected chi connectivity index (χ4v) is 8.83. The van der Waals surface area contributed by atoms with Gasteiger partial charge in [0.25, 0.3) is 0 Å². The lowest BCUT2D eigenvalue weighted by Gasteiger charge is -2.61. The van der Waals surface area contributed by atoms with E-state index in [0.717, 1.165) is 36.7 Å². The maximum Gasteiger partial charge on any atom is 0.331 e. The van der Waals surface area contributed by atoms with Gasteiger partial charge in [-0.2, -0.15) is 0 Å². The highest BCUT2D eigenvalue weighted by molar-refractivity contribution is 5.86. The molecule has 4 heteroatoms. The van der Waals surface area contributed by atoms with Gasteiger partial charge in [-0.25, -0.2) is 4.79 Å². The van der Waals surface area contributed by atoms with Gasteiger partial charge in [-0.05, 0) is 80.5 Å². The fourth-order valence-electron chi connectivity index (χ4n) is 8.83. The number of epoxide rings is 1. The van der Waals surface area contributed by atoms with Crippen molar-refractivity contribution in [1.82, 2.24) is 0 Å². The molecule has 0 bridgehead atoms. The molecule has 4 nitrogen and oxygen atoms in total. The van der Waals surface area contributed by atoms with Crippen LogP contribution in [0.1, 0.15) is 65.2 Å². The van der Waals surface area contributed by atoms with E-state index in [9.17, 15) is 9.90 Å². The fraction of sp³-hybridized carbons (Fsp3) is 0.870. The summed E-state index contributed by atoms with van der Waals surface area (Å²) in [4.78, 5) is 11.7. The number of rotatable bonds is 1. The zero-order valence-electron chi connectivity index (χ0n) is 16.6. The molecule has 0 aromatic rings. The van der Waals surface area contributed by atoms with Gasteiger partial charge >= 0.3 is 5.97 Å². The summed E-state index contributed by atoms with van der Waals surface area (Å²) in [6.07, 6.45) is 11.4. The van der Waals surface area contributed by atoms with Crippen molar-refractivity contribution in [2.75, 3.05) is 6.61 Å². The number of aliphatic hydroxyl groups excluding tert-OH is 1. The van der Waals surface area contributed by atoms with Crippen LogP contribution in [0, 0.1) is 34.5 Å². The van der Waals surface area contributed by atoms with Crippen molar-refractivity contribution >= 4 is 5.97 Å². The van der Waals surface area contributed by atoms with Crippen molar-refractivity contribution in [3.63, 3.8) is 0 Å². The van der Waals surface area contributed by atoms with Crippen LogP contribution in [-0.2, 0) is 14.3 Å². The van der Waals surface area contributed by atoms with Crippen LogP contribution in [0.2, 0.25) is 0 Å². The second-order valence-corrected chi connectivity index (χ2v) is 10.9. The van der Waals surface area contributed by atoms with Gasteiger partial charge in [-0.3, -0.25) is 0 Å². The second kappa shape index (κ2) is 5.18. The van der Waals surface area contributed by atoms with Crippen LogP contribution in [0.5, 0.6) is 0 Å². The van der Waals surface area contributed by atoms with E-state index in [1.165, 1.54) is 32.1 Å². The number of cyclic esters (lactones) is 1. The predicted molar refractivity (Wildman–Crippen MR) is 99.8 cm³/mol. The van der Waals surface area contributed by atoms with E-state index in [0.29, 0.717) is 30.0 Å². The van der Waals surface area contributed by atoms with Gasteiger partial charge in [0.2, 0.25) is 0 Å². The van der Waals surface area contributed by atoms with Crippen LogP contribution < -0.4 is 0 Å². The maximum atomic E-state index is 11.7. The first-order valence-corrected chi connectivity index (χ1v) is 11.1. The smallest absolute Gasteiger partial charge is 0.331 e. The van der Waals surface area contributed by atoms with E-state index in [1.54, 1.807) is 6.08 Å². The van der Waals surface area contributed by atoms with Gasteiger partial charge in [0, 0.05) is 17.1 Å². The highest BCUT2D eigenvalue weighted by atomic mass is 16.6. The van der Waals surface area contributed by atoms with E-state index >= 15 is 0 Å². The first-order chi connectivity index (χ1) is 12.9. The molecule has 0 radical (unpaired) electrons. The van der Waals surface area contributed by atoms with Crippen LogP contribution in [-0.4, -0.2) is 35.5 Å². The second-order valence-electron chi connectivity index (χ2n) is 10.9. The van der Waals surface area contributed by atoms with Crippen LogP contribution in [0.3, 0.4) is 0 Å². The average molecular weight is 373 g/mol. The van der Waals surface area contributed by atoms with Gasteiger partial charge < -0.3 is 14.6 Å². The Kier molecular flexibility index (Phi) is 3.27. The summed E-state index contributed by atoms with van der Waals surface area (Å²) in [6, 6.07) is 0. The summed E-state index contributed by atoms with van der Waals surface area (Å²) < 4.78 is 11.6. The van der Waals surface area contributed by atoms with Crippen molar-refractivity contribution in [1.29, 1.82) is 0 Å². The summed E-state index contributed by atoms with van der Waals surface area (Å²) in [5.41, 5.74) is 1.46. The van der Waals surface area contributed by atoms with Crippen molar-refractivity contribution in [3.8, 4) is 0 Å². The molecule has 9 atom stereocenters. The third-order valence-corrected chi connectivity index (χ3v) is 10.2. The SMILES string of the molecule is CC12CCC(O)CC1CCC1C2CCC2(C)C1CC1OC12C1=CC(=O)OC1. The number of carbonyl (C=O) groups is 1. The van der Waals surface area contributed by atoms with Crippen molar-refractivity contribution < 1.29 is 19.4 Å². The molecule has 1 N–H and O–H groups in total. The number of esters is 1. The molecule has 4 aliphatic carbocycles. The zero-order valence-corrected chi connectivity index (χ0v) is 16.6. The first kappa shape index (κ1) is 17.0. The number of ether oxygens (including phenoxy) is 2. The standard InChI is InChI=1S/C23H32O4/c1-21-7-5-15(24)9-13(21)3-4-16-17(21)6-8-22(2)18(16)11-19-23(22,27-19)14-10-20(25)26-12-14/h10,13,15-19,24H,3-9,11-12H2,1-2H3. The summed E-state index contributed by atoms with van der Waals surface area (Å²) in [5, 5.41) is 10.2.